The molecule has 1 aliphatic rings. The molecule has 0 unspecified atom stereocenters. The minimum atomic E-state index is -0.302. The molecule has 2 amide bonds. The Morgan fingerprint density at radius 3 is 2.50 bits per heavy atom. The molecule has 0 fully saturated rings. The molecule has 0 saturated carbocycles. The average molecular weight is 476 g/mol. The molecule has 7 nitrogen and oxygen atoms in total. The number of aromatic nitrogens is 1. The average Bonchev–Trinajstić information content (AvgIpc) is 3.30. The van der Waals surface area contributed by atoms with Gasteiger partial charge >= 0.3 is 6.03 Å². The second-order valence-corrected chi connectivity index (χ2v) is 8.45. The number of H-pyrrole nitrogens is 1. The summed E-state index contributed by atoms with van der Waals surface area (Å²) in [6.07, 6.45) is 0.652. The molecular weight excluding hydrogens is 454 g/mol. The van der Waals surface area contributed by atoms with E-state index < -0.39 is 0 Å². The van der Waals surface area contributed by atoms with E-state index >= 15 is 0 Å². The van der Waals surface area contributed by atoms with E-state index in [-0.39, 0.29) is 24.9 Å². The standard InChI is InChI=1S/C26H22ClN3O4/c27-20-6-8-21(9-7-20)28-26(32)30(11-10-17-4-2-1-3-5-17)15-19-12-18-13-23-24(34-16-33-23)14-22(18)29-25(19)31/h1-9,12-14H,10-11,15-16H2,(H,28,32)(H,29,31). The van der Waals surface area contributed by atoms with Gasteiger partial charge in [0.1, 0.15) is 0 Å². The van der Waals surface area contributed by atoms with Gasteiger partial charge in [-0.2, -0.15) is 0 Å². The molecule has 172 valence electrons. The number of benzene rings is 3. The second kappa shape index (κ2) is 9.49. The van der Waals surface area contributed by atoms with Gasteiger partial charge in [-0.1, -0.05) is 41.9 Å². The summed E-state index contributed by atoms with van der Waals surface area (Å²) in [5, 5.41) is 4.29. The van der Waals surface area contributed by atoms with Gasteiger partial charge in [-0.3, -0.25) is 4.79 Å². The number of halogens is 1. The highest BCUT2D eigenvalue weighted by Crippen LogP contribution is 2.35. The molecule has 2 N–H and O–H groups in total. The number of carbonyl (C=O) groups is 1. The van der Waals surface area contributed by atoms with E-state index in [4.69, 9.17) is 21.1 Å². The highest BCUT2D eigenvalue weighted by molar-refractivity contribution is 6.30. The number of nitrogens with one attached hydrogen (secondary N) is 2. The molecule has 4 aromatic rings. The molecule has 3 aromatic carbocycles. The van der Waals surface area contributed by atoms with Gasteiger partial charge in [-0.05, 0) is 48.4 Å². The van der Waals surface area contributed by atoms with Crippen LogP contribution in [-0.2, 0) is 13.0 Å². The first-order valence-corrected chi connectivity index (χ1v) is 11.2. The summed E-state index contributed by atoms with van der Waals surface area (Å²) in [7, 11) is 0. The summed E-state index contributed by atoms with van der Waals surface area (Å²) in [6, 6.07) is 21.9. The quantitative estimate of drug-likeness (QED) is 0.402. The second-order valence-electron chi connectivity index (χ2n) is 8.01. The molecule has 1 aliphatic heterocycles. The number of amides is 2. The first-order valence-electron chi connectivity index (χ1n) is 10.9. The van der Waals surface area contributed by atoms with Crippen LogP contribution < -0.4 is 20.3 Å². The summed E-state index contributed by atoms with van der Waals surface area (Å²) < 4.78 is 10.9. The predicted molar refractivity (Wildman–Crippen MR) is 132 cm³/mol. The van der Waals surface area contributed by atoms with E-state index in [0.717, 1.165) is 10.9 Å². The van der Waals surface area contributed by atoms with Gasteiger partial charge in [-0.25, -0.2) is 4.79 Å². The van der Waals surface area contributed by atoms with Crippen LogP contribution in [0.4, 0.5) is 10.5 Å². The van der Waals surface area contributed by atoms with Gasteiger partial charge in [0.25, 0.3) is 5.56 Å². The molecule has 5 rings (SSSR count). The smallest absolute Gasteiger partial charge is 0.322 e. The maximum absolute atomic E-state index is 13.2. The molecule has 8 heteroatoms. The van der Waals surface area contributed by atoms with Crippen molar-refractivity contribution in [3.63, 3.8) is 0 Å². The number of hydrogen-bond donors (Lipinski definition) is 2. The lowest BCUT2D eigenvalue weighted by atomic mass is 10.1. The number of rotatable bonds is 6. The molecule has 2 heterocycles. The zero-order valence-corrected chi connectivity index (χ0v) is 19.0. The van der Waals surface area contributed by atoms with Crippen molar-refractivity contribution in [1.82, 2.24) is 9.88 Å². The Hall–Kier alpha value is -3.97. The Labute approximate surface area is 200 Å². The third-order valence-corrected chi connectivity index (χ3v) is 5.92. The number of fused-ring (bicyclic) bond motifs is 2. The maximum atomic E-state index is 13.2. The number of anilines is 1. The van der Waals surface area contributed by atoms with Crippen LogP contribution in [0.1, 0.15) is 11.1 Å². The van der Waals surface area contributed by atoms with Crippen LogP contribution in [0.25, 0.3) is 10.9 Å². The summed E-state index contributed by atoms with van der Waals surface area (Å²) in [6.45, 7) is 0.731. The third-order valence-electron chi connectivity index (χ3n) is 5.67. The summed E-state index contributed by atoms with van der Waals surface area (Å²) in [4.78, 5) is 30.6. The van der Waals surface area contributed by atoms with E-state index in [1.54, 1.807) is 41.3 Å². The molecule has 1 aromatic heterocycles. The summed E-state index contributed by atoms with van der Waals surface area (Å²) in [5.41, 5.74) is 2.60. The van der Waals surface area contributed by atoms with Gasteiger partial charge in [0, 0.05) is 34.3 Å². The normalized spacial score (nSPS) is 12.0. The van der Waals surface area contributed by atoms with Crippen molar-refractivity contribution in [2.24, 2.45) is 0 Å². The molecule has 0 bridgehead atoms. The van der Waals surface area contributed by atoms with Crippen LogP contribution >= 0.6 is 11.6 Å². The fourth-order valence-corrected chi connectivity index (χ4v) is 3.99. The Bertz CT molecular complexity index is 1390. The van der Waals surface area contributed by atoms with E-state index in [2.05, 4.69) is 10.3 Å². The van der Waals surface area contributed by atoms with E-state index in [0.29, 0.717) is 46.3 Å². The SMILES string of the molecule is O=C(Nc1ccc(Cl)cc1)N(CCc1ccccc1)Cc1cc2cc3c(cc2[nH]c1=O)OCO3. The van der Waals surface area contributed by atoms with Crippen molar-refractivity contribution in [1.29, 1.82) is 0 Å². The third kappa shape index (κ3) is 4.84. The van der Waals surface area contributed by atoms with Crippen LogP contribution in [0.3, 0.4) is 0 Å². The molecule has 34 heavy (non-hydrogen) atoms. The monoisotopic (exact) mass is 475 g/mol. The fraction of sp³-hybridized carbons (Fsp3) is 0.154. The van der Waals surface area contributed by atoms with E-state index in [9.17, 15) is 9.59 Å². The van der Waals surface area contributed by atoms with E-state index in [1.807, 2.05) is 36.4 Å². The van der Waals surface area contributed by atoms with Gasteiger partial charge < -0.3 is 24.7 Å². The van der Waals surface area contributed by atoms with Gasteiger partial charge in [-0.15, -0.1) is 0 Å². The Kier molecular flexibility index (Phi) is 6.10. The lowest BCUT2D eigenvalue weighted by molar-refractivity contribution is 0.174. The maximum Gasteiger partial charge on any atom is 0.322 e. The van der Waals surface area contributed by atoms with Gasteiger partial charge in [0.15, 0.2) is 11.5 Å². The van der Waals surface area contributed by atoms with E-state index in [1.165, 1.54) is 0 Å². The number of hydrogen-bond acceptors (Lipinski definition) is 4. The van der Waals surface area contributed by atoms with Crippen molar-refractivity contribution in [2.75, 3.05) is 18.7 Å². The number of nitrogens with zero attached hydrogens (tertiary/aromatic N) is 1. The minimum Gasteiger partial charge on any atom is -0.454 e. The van der Waals surface area contributed by atoms with Crippen LogP contribution in [0.15, 0.2) is 77.6 Å². The van der Waals surface area contributed by atoms with Crippen LogP contribution in [-0.4, -0.2) is 29.3 Å². The van der Waals surface area contributed by atoms with Crippen LogP contribution in [0.5, 0.6) is 11.5 Å². The van der Waals surface area contributed by atoms with Gasteiger partial charge in [0.2, 0.25) is 6.79 Å². The first kappa shape index (κ1) is 21.9. The van der Waals surface area contributed by atoms with Crippen molar-refractivity contribution in [2.45, 2.75) is 13.0 Å². The molecular formula is C26H22ClN3O4. The van der Waals surface area contributed by atoms with Crippen molar-refractivity contribution >= 4 is 34.2 Å². The summed E-state index contributed by atoms with van der Waals surface area (Å²) >= 11 is 5.96. The van der Waals surface area contributed by atoms with Crippen molar-refractivity contribution < 1.29 is 14.3 Å². The van der Waals surface area contributed by atoms with Crippen LogP contribution in [0.2, 0.25) is 5.02 Å². The van der Waals surface area contributed by atoms with Crippen molar-refractivity contribution in [3.05, 3.63) is 99.3 Å². The Balaban J connectivity index is 1.41. The zero-order valence-electron chi connectivity index (χ0n) is 18.2. The summed E-state index contributed by atoms with van der Waals surface area (Å²) in [5.74, 6) is 1.23. The number of carbonyl (C=O) groups excluding carboxylic acids is 1. The topological polar surface area (TPSA) is 83.7 Å². The van der Waals surface area contributed by atoms with Crippen LogP contribution in [0, 0.1) is 0 Å². The molecule has 0 spiro atoms. The Morgan fingerprint density at radius 2 is 1.74 bits per heavy atom. The molecule has 0 aliphatic carbocycles. The number of pyridine rings is 1. The van der Waals surface area contributed by atoms with Crippen molar-refractivity contribution in [3.8, 4) is 11.5 Å². The predicted octanol–water partition coefficient (Wildman–Crippen LogP) is 5.19. The first-order chi connectivity index (χ1) is 16.5. The number of ether oxygens (including phenoxy) is 2. The largest absolute Gasteiger partial charge is 0.454 e. The molecule has 0 atom stereocenters. The molecule has 0 radical (unpaired) electrons. The Morgan fingerprint density at radius 1 is 1.00 bits per heavy atom. The fourth-order valence-electron chi connectivity index (χ4n) is 3.86. The minimum absolute atomic E-state index is 0.145. The number of aromatic amines is 1. The molecule has 0 saturated heterocycles. The number of urea groups is 1. The lowest BCUT2D eigenvalue weighted by Crippen LogP contribution is -2.37. The zero-order chi connectivity index (χ0) is 23.5. The van der Waals surface area contributed by atoms with Gasteiger partial charge in [0.05, 0.1) is 12.1 Å². The highest BCUT2D eigenvalue weighted by atomic mass is 35.5. The lowest BCUT2D eigenvalue weighted by Gasteiger charge is -2.23. The highest BCUT2D eigenvalue weighted by Gasteiger charge is 2.19.